The highest BCUT2D eigenvalue weighted by atomic mass is 32.2. The van der Waals surface area contributed by atoms with Crippen LogP contribution in [-0.4, -0.2) is 44.1 Å². The molecule has 16 heteroatoms. The van der Waals surface area contributed by atoms with Crippen molar-refractivity contribution in [2.24, 2.45) is 15.1 Å². The van der Waals surface area contributed by atoms with Crippen LogP contribution in [-0.2, 0) is 20.0 Å². The Labute approximate surface area is 294 Å². The van der Waals surface area contributed by atoms with Crippen molar-refractivity contribution in [2.45, 2.75) is 84.1 Å². The van der Waals surface area contributed by atoms with Crippen LogP contribution in [0, 0.1) is 17.7 Å². The van der Waals surface area contributed by atoms with Crippen LogP contribution in [0.3, 0.4) is 0 Å². The van der Waals surface area contributed by atoms with Gasteiger partial charge in [0, 0.05) is 18.1 Å². The highest BCUT2D eigenvalue weighted by Crippen LogP contribution is 2.34. The molecule has 14 nitrogen and oxygen atoms in total. The number of carbonyl (C=O) groups excluding carboxylic acids is 1. The molecule has 1 aliphatic rings. The standard InChI is InChI=1S/C17H22N4O3S.C13H17NO.C4H4N3O2S/c1-11(2)13-6-5-7-14(12(3)4)16(13)20-17(22)21-25(23,24)15-10-18-8-9-19-15;1-9(2)11-6-5-7-12(10(3)4)13(11)15-8-14;5-10(8,9)4-3-6-1-2-7-4/h5-12H,1-4H3,(H2,20,21,22);5-7,9-10H,1-4H3;2-3H,(H2,5,8,9)/q;;+1. The third-order valence-corrected chi connectivity index (χ3v) is 8.92. The van der Waals surface area contributed by atoms with Gasteiger partial charge >= 0.3 is 6.03 Å². The number of benzene rings is 2. The monoisotopic (exact) mass is 723 g/mol. The summed E-state index contributed by atoms with van der Waals surface area (Å²) in [4.78, 5) is 26.5. The van der Waals surface area contributed by atoms with Crippen LogP contribution < -0.4 is 19.9 Å². The van der Waals surface area contributed by atoms with E-state index in [4.69, 9.17) is 15.1 Å². The van der Waals surface area contributed by atoms with Crippen molar-refractivity contribution in [2.75, 3.05) is 5.32 Å². The summed E-state index contributed by atoms with van der Waals surface area (Å²) in [7, 11) is -7.78. The van der Waals surface area contributed by atoms with Crippen molar-refractivity contribution in [3.8, 4) is 12.0 Å². The Morgan fingerprint density at radius 1 is 0.860 bits per heavy atom. The molecule has 50 heavy (non-hydrogen) atoms. The number of primary sulfonamides is 1. The lowest BCUT2D eigenvalue weighted by molar-refractivity contribution is 0.256. The molecule has 2 amide bonds. The number of para-hydroxylation sites is 2. The molecule has 3 aromatic rings. The zero-order valence-electron chi connectivity index (χ0n) is 29.2. The molecule has 4 rings (SSSR count). The Balaban J connectivity index is 0.000000292. The molecular formula is C34H43N8O6S2+. The maximum Gasteiger partial charge on any atom is 0.333 e. The lowest BCUT2D eigenvalue weighted by Gasteiger charge is -2.20. The van der Waals surface area contributed by atoms with E-state index in [1.54, 1.807) is 6.26 Å². The first kappa shape index (κ1) is 41.1. The minimum Gasteiger partial charge on any atom is -0.387 e. The zero-order valence-corrected chi connectivity index (χ0v) is 30.9. The number of ether oxygens (including phenoxy) is 1. The Morgan fingerprint density at radius 2 is 1.38 bits per heavy atom. The number of urea groups is 1. The number of rotatable bonds is 8. The van der Waals surface area contributed by atoms with E-state index >= 15 is 0 Å². The van der Waals surface area contributed by atoms with Gasteiger partial charge in [-0.25, -0.2) is 28.1 Å². The minimum atomic E-state index is -4.08. The van der Waals surface area contributed by atoms with E-state index in [2.05, 4.69) is 59.2 Å². The number of aliphatic imine (C=N–C) groups is 2. The highest BCUT2D eigenvalue weighted by Gasteiger charge is 2.22. The summed E-state index contributed by atoms with van der Waals surface area (Å²) in [6, 6.07) is 11.0. The third-order valence-electron chi connectivity index (χ3n) is 6.91. The molecule has 0 bridgehead atoms. The van der Waals surface area contributed by atoms with Crippen molar-refractivity contribution in [1.82, 2.24) is 14.7 Å². The molecule has 0 fully saturated rings. The molecule has 0 aliphatic carbocycles. The van der Waals surface area contributed by atoms with Gasteiger partial charge in [0.05, 0.1) is 6.20 Å². The van der Waals surface area contributed by atoms with Crippen LogP contribution in [0.1, 0.15) is 101 Å². The number of aromatic nitrogens is 2. The van der Waals surface area contributed by atoms with E-state index in [0.29, 0.717) is 17.5 Å². The molecule has 2 heterocycles. The Kier molecular flexibility index (Phi) is 15.3. The van der Waals surface area contributed by atoms with Crippen molar-refractivity contribution in [1.29, 1.82) is 5.26 Å². The number of nitrogens with two attached hydrogens (primary N) is 1. The predicted octanol–water partition coefficient (Wildman–Crippen LogP) is 6.06. The molecule has 1 aliphatic heterocycles. The van der Waals surface area contributed by atoms with Gasteiger partial charge in [-0.1, -0.05) is 91.8 Å². The first-order chi connectivity index (χ1) is 23.4. The fraction of sp³-hybridized carbons (Fsp3) is 0.353. The average molecular weight is 724 g/mol. The fourth-order valence-corrected chi connectivity index (χ4v) is 5.68. The first-order valence-electron chi connectivity index (χ1n) is 15.5. The molecule has 0 radical (unpaired) electrons. The van der Waals surface area contributed by atoms with Crippen LogP contribution >= 0.6 is 0 Å². The normalized spacial score (nSPS) is 12.2. The number of nitrogens with zero attached hydrogens (tertiary/aromatic N) is 5. The summed E-state index contributed by atoms with van der Waals surface area (Å²) in [6.07, 6.45) is 9.96. The summed E-state index contributed by atoms with van der Waals surface area (Å²) in [6.45, 7) is 16.5. The fourth-order valence-electron chi connectivity index (χ4n) is 4.48. The molecule has 0 spiro atoms. The summed E-state index contributed by atoms with van der Waals surface area (Å²) < 4.78 is 52.4. The summed E-state index contributed by atoms with van der Waals surface area (Å²) in [5, 5.41) is 15.5. The lowest BCUT2D eigenvalue weighted by atomic mass is 9.93. The van der Waals surface area contributed by atoms with E-state index < -0.39 is 26.1 Å². The summed E-state index contributed by atoms with van der Waals surface area (Å²) in [5.41, 5.74) is 4.72. The number of sulfonamides is 2. The van der Waals surface area contributed by atoms with Crippen LogP contribution in [0.2, 0.25) is 0 Å². The van der Waals surface area contributed by atoms with Crippen LogP contribution in [0.5, 0.6) is 5.75 Å². The van der Waals surface area contributed by atoms with E-state index in [1.807, 2.05) is 68.8 Å². The number of anilines is 1. The molecule has 4 N–H and O–H groups in total. The van der Waals surface area contributed by atoms with Gasteiger partial charge in [0.2, 0.25) is 12.4 Å². The second kappa shape index (κ2) is 18.6. The van der Waals surface area contributed by atoms with Crippen molar-refractivity contribution in [3.05, 3.63) is 89.6 Å². The van der Waals surface area contributed by atoms with Gasteiger partial charge in [-0.2, -0.15) is 13.4 Å². The Bertz CT molecular complexity index is 1920. The number of carbonyl (C=O) groups is 1. The number of nitrogens with one attached hydrogen (secondary N) is 2. The second-order valence-electron chi connectivity index (χ2n) is 12.0. The summed E-state index contributed by atoms with van der Waals surface area (Å²) in [5.74, 6) is 1.82. The quantitative estimate of drug-likeness (QED) is 0.181. The first-order valence-corrected chi connectivity index (χ1v) is 18.6. The molecule has 0 saturated heterocycles. The molecule has 1 aromatic heterocycles. The van der Waals surface area contributed by atoms with Gasteiger partial charge in [-0.3, -0.25) is 4.98 Å². The van der Waals surface area contributed by atoms with Crippen LogP contribution in [0.4, 0.5) is 10.5 Å². The van der Waals surface area contributed by atoms with Gasteiger partial charge < -0.3 is 10.1 Å². The average Bonchev–Trinajstić information content (AvgIpc) is 3.05. The number of hydrogen-bond donors (Lipinski definition) is 3. The second-order valence-corrected chi connectivity index (χ2v) is 15.2. The molecule has 266 valence electrons. The Morgan fingerprint density at radius 3 is 1.76 bits per heavy atom. The van der Waals surface area contributed by atoms with Gasteiger partial charge in [0.15, 0.2) is 11.2 Å². The van der Waals surface area contributed by atoms with Crippen LogP contribution in [0.25, 0.3) is 0 Å². The van der Waals surface area contributed by atoms with Gasteiger partial charge in [-0.05, 0) is 50.9 Å². The third kappa shape index (κ3) is 12.1. The molecule has 0 unspecified atom stereocenters. The maximum atomic E-state index is 12.3. The molecule has 0 saturated carbocycles. The van der Waals surface area contributed by atoms with Gasteiger partial charge in [-0.15, -0.1) is 5.26 Å². The van der Waals surface area contributed by atoms with Crippen molar-refractivity contribution < 1.29 is 26.4 Å². The van der Waals surface area contributed by atoms with E-state index in [0.717, 1.165) is 46.6 Å². The Hall–Kier alpha value is -5.07. The highest BCUT2D eigenvalue weighted by molar-refractivity contribution is 8.06. The topological polar surface area (TPSA) is 219 Å². The molecule has 2 aromatic carbocycles. The van der Waals surface area contributed by atoms with E-state index in [1.165, 1.54) is 12.4 Å². The number of nitriles is 1. The summed E-state index contributed by atoms with van der Waals surface area (Å²) >= 11 is 0. The number of amides is 2. The largest absolute Gasteiger partial charge is 0.387 e. The van der Waals surface area contributed by atoms with Crippen molar-refractivity contribution in [3.63, 3.8) is 0 Å². The molecule has 0 atom stereocenters. The lowest BCUT2D eigenvalue weighted by Crippen LogP contribution is -2.35. The van der Waals surface area contributed by atoms with E-state index in [-0.39, 0.29) is 21.9 Å². The van der Waals surface area contributed by atoms with Crippen LogP contribution in [0.15, 0.2) is 76.2 Å². The predicted molar refractivity (Wildman–Crippen MR) is 194 cm³/mol. The van der Waals surface area contributed by atoms with E-state index in [9.17, 15) is 21.6 Å². The number of hydrogen-bond acceptors (Lipinski definition) is 11. The smallest absolute Gasteiger partial charge is 0.333 e. The SMILES string of the molecule is CC(C)c1cccc(C(C)C)c1NC(=O)NS(=O)(=O)c1cnccn1.CC(C)c1cccc(C(C)C)c1OC#N.NS(=O)(=O)C1=NC=[C+]N=C1. The minimum absolute atomic E-state index is 0.172. The maximum absolute atomic E-state index is 12.3. The van der Waals surface area contributed by atoms with Crippen molar-refractivity contribution >= 4 is 43.0 Å². The molecular weight excluding hydrogens is 681 g/mol. The zero-order chi connectivity index (χ0) is 37.6. The van der Waals surface area contributed by atoms with Gasteiger partial charge in [0.25, 0.3) is 31.3 Å². The van der Waals surface area contributed by atoms with Gasteiger partial charge in [0.1, 0.15) is 5.75 Å².